The van der Waals surface area contributed by atoms with E-state index in [1.165, 1.54) is 17.5 Å². The van der Waals surface area contributed by atoms with Gasteiger partial charge in [0, 0.05) is 17.9 Å². The number of fused-ring (bicyclic) bond motifs is 3. The fraction of sp³-hybridized carbons (Fsp3) is 0.400. The Bertz CT molecular complexity index is 685. The Morgan fingerprint density at radius 2 is 2.09 bits per heavy atom. The summed E-state index contributed by atoms with van der Waals surface area (Å²) in [5.74, 6) is 2.48. The largest absolute Gasteiger partial charge is 0.493 e. The number of ether oxygens (including phenoxy) is 2. The van der Waals surface area contributed by atoms with E-state index in [9.17, 15) is 0 Å². The Hall–Kier alpha value is -2.00. The van der Waals surface area contributed by atoms with Gasteiger partial charge in [-0.15, -0.1) is 0 Å². The highest BCUT2D eigenvalue weighted by atomic mass is 16.5. The molecule has 2 heterocycles. The van der Waals surface area contributed by atoms with Gasteiger partial charge in [-0.2, -0.15) is 0 Å². The molecule has 4 rings (SSSR count). The Labute approximate surface area is 137 Å². The van der Waals surface area contributed by atoms with Crippen molar-refractivity contribution in [2.24, 2.45) is 0 Å². The lowest BCUT2D eigenvalue weighted by Gasteiger charge is -2.37. The summed E-state index contributed by atoms with van der Waals surface area (Å²) in [4.78, 5) is 0. The maximum Gasteiger partial charge on any atom is 0.123 e. The molecule has 3 nitrogen and oxygen atoms in total. The Balaban J connectivity index is 1.47. The molecule has 0 radical (unpaired) electrons. The zero-order chi connectivity index (χ0) is 15.7. The van der Waals surface area contributed by atoms with E-state index < -0.39 is 0 Å². The van der Waals surface area contributed by atoms with Crippen LogP contribution in [0.15, 0.2) is 48.5 Å². The Kier molecular flexibility index (Phi) is 3.74. The van der Waals surface area contributed by atoms with Gasteiger partial charge in [0.2, 0.25) is 0 Å². The average Bonchev–Trinajstić information content (AvgIpc) is 2.98. The van der Waals surface area contributed by atoms with Crippen LogP contribution in [0.25, 0.3) is 0 Å². The summed E-state index contributed by atoms with van der Waals surface area (Å²) < 4.78 is 11.9. The summed E-state index contributed by atoms with van der Waals surface area (Å²) in [7, 11) is 0. The molecule has 1 saturated heterocycles. The van der Waals surface area contributed by atoms with E-state index in [2.05, 4.69) is 48.6 Å². The molecule has 3 heteroatoms. The van der Waals surface area contributed by atoms with Crippen LogP contribution in [0.2, 0.25) is 0 Å². The molecule has 23 heavy (non-hydrogen) atoms. The molecule has 0 aromatic heterocycles. The fourth-order valence-electron chi connectivity index (χ4n) is 3.77. The van der Waals surface area contributed by atoms with Gasteiger partial charge < -0.3 is 14.8 Å². The molecule has 0 aliphatic carbocycles. The van der Waals surface area contributed by atoms with Gasteiger partial charge >= 0.3 is 0 Å². The molecule has 0 spiro atoms. The first-order valence-electron chi connectivity index (χ1n) is 8.43. The third kappa shape index (κ3) is 2.81. The molecule has 1 N–H and O–H groups in total. The summed E-state index contributed by atoms with van der Waals surface area (Å²) in [5, 5.41) is 3.59. The predicted molar refractivity (Wildman–Crippen MR) is 91.3 cm³/mol. The minimum absolute atomic E-state index is 0.0651. The van der Waals surface area contributed by atoms with Crippen LogP contribution in [0.3, 0.4) is 0 Å². The molecule has 0 amide bonds. The standard InChI is InChI=1S/C20H23NO2/c1-20-14-23-19-8-7-16(13-17(19)18(20)9-11-21-20)22-12-10-15-5-3-2-4-6-15/h2-8,13,18,21H,9-12,14H2,1H3/t18-,20+/m0/s1. The first-order valence-corrected chi connectivity index (χ1v) is 8.43. The Morgan fingerprint density at radius 1 is 1.22 bits per heavy atom. The topological polar surface area (TPSA) is 30.5 Å². The van der Waals surface area contributed by atoms with Crippen LogP contribution in [0.1, 0.15) is 30.4 Å². The third-order valence-electron chi connectivity index (χ3n) is 5.12. The molecule has 2 aromatic rings. The van der Waals surface area contributed by atoms with Crippen molar-refractivity contribution in [3.63, 3.8) is 0 Å². The van der Waals surface area contributed by atoms with Crippen molar-refractivity contribution < 1.29 is 9.47 Å². The van der Waals surface area contributed by atoms with Gasteiger partial charge in [-0.25, -0.2) is 0 Å². The van der Waals surface area contributed by atoms with Crippen molar-refractivity contribution >= 4 is 0 Å². The summed E-state index contributed by atoms with van der Waals surface area (Å²) in [5.41, 5.74) is 2.66. The normalized spacial score (nSPS) is 25.3. The summed E-state index contributed by atoms with van der Waals surface area (Å²) >= 11 is 0. The first kappa shape index (κ1) is 14.6. The van der Waals surface area contributed by atoms with Gasteiger partial charge in [-0.3, -0.25) is 0 Å². The highest BCUT2D eigenvalue weighted by molar-refractivity contribution is 5.46. The van der Waals surface area contributed by atoms with Crippen LogP contribution >= 0.6 is 0 Å². The van der Waals surface area contributed by atoms with E-state index >= 15 is 0 Å². The maximum absolute atomic E-state index is 5.98. The van der Waals surface area contributed by atoms with Crippen molar-refractivity contribution in [1.82, 2.24) is 5.32 Å². The van der Waals surface area contributed by atoms with Gasteiger partial charge in [0.05, 0.1) is 12.1 Å². The van der Waals surface area contributed by atoms with Crippen molar-refractivity contribution in [2.45, 2.75) is 31.2 Å². The van der Waals surface area contributed by atoms with Gasteiger partial charge in [0.25, 0.3) is 0 Å². The third-order valence-corrected chi connectivity index (χ3v) is 5.12. The van der Waals surface area contributed by atoms with E-state index in [1.54, 1.807) is 0 Å². The van der Waals surface area contributed by atoms with E-state index in [-0.39, 0.29) is 5.54 Å². The molecule has 120 valence electrons. The first-order chi connectivity index (χ1) is 11.2. The minimum atomic E-state index is 0.0651. The number of hydrogen-bond acceptors (Lipinski definition) is 3. The van der Waals surface area contributed by atoms with E-state index in [0.29, 0.717) is 12.5 Å². The maximum atomic E-state index is 5.98. The molecule has 2 aliphatic rings. The quantitative estimate of drug-likeness (QED) is 0.937. The fourth-order valence-corrected chi connectivity index (χ4v) is 3.77. The molecule has 0 bridgehead atoms. The van der Waals surface area contributed by atoms with Gasteiger partial charge in [0.15, 0.2) is 0 Å². The zero-order valence-electron chi connectivity index (χ0n) is 13.5. The summed E-state index contributed by atoms with van der Waals surface area (Å²) in [6, 6.07) is 16.7. The molecule has 0 saturated carbocycles. The van der Waals surface area contributed by atoms with Gasteiger partial charge in [-0.05, 0) is 43.7 Å². The molecular weight excluding hydrogens is 286 g/mol. The van der Waals surface area contributed by atoms with Crippen LogP contribution in [-0.2, 0) is 6.42 Å². The number of benzene rings is 2. The highest BCUT2D eigenvalue weighted by Gasteiger charge is 2.44. The minimum Gasteiger partial charge on any atom is -0.493 e. The van der Waals surface area contributed by atoms with E-state index in [1.807, 2.05) is 12.1 Å². The van der Waals surface area contributed by atoms with Crippen LogP contribution in [0.5, 0.6) is 11.5 Å². The predicted octanol–water partition coefficient (Wildman–Crippen LogP) is 3.54. The number of rotatable bonds is 4. The lowest BCUT2D eigenvalue weighted by Crippen LogP contribution is -2.48. The smallest absolute Gasteiger partial charge is 0.123 e. The van der Waals surface area contributed by atoms with Crippen LogP contribution in [0.4, 0.5) is 0 Å². The van der Waals surface area contributed by atoms with Crippen molar-refractivity contribution in [3.8, 4) is 11.5 Å². The van der Waals surface area contributed by atoms with Crippen LogP contribution in [0, 0.1) is 0 Å². The molecule has 1 fully saturated rings. The summed E-state index contributed by atoms with van der Waals surface area (Å²) in [6.45, 7) is 4.77. The average molecular weight is 309 g/mol. The lowest BCUT2D eigenvalue weighted by atomic mass is 9.80. The SMILES string of the molecule is C[C@@]12COc3ccc(OCCc4ccccc4)cc3[C@@H]1CCN2. The molecule has 2 aliphatic heterocycles. The zero-order valence-corrected chi connectivity index (χ0v) is 13.5. The second-order valence-electron chi connectivity index (χ2n) is 6.76. The van der Waals surface area contributed by atoms with Gasteiger partial charge in [0.1, 0.15) is 18.1 Å². The van der Waals surface area contributed by atoms with Crippen molar-refractivity contribution in [1.29, 1.82) is 0 Å². The van der Waals surface area contributed by atoms with Crippen LogP contribution < -0.4 is 14.8 Å². The highest BCUT2D eigenvalue weighted by Crippen LogP contribution is 2.45. The van der Waals surface area contributed by atoms with E-state index in [4.69, 9.17) is 9.47 Å². The molecule has 2 aromatic carbocycles. The number of nitrogens with one attached hydrogen (secondary N) is 1. The second-order valence-corrected chi connectivity index (χ2v) is 6.76. The van der Waals surface area contributed by atoms with E-state index in [0.717, 1.165) is 31.1 Å². The monoisotopic (exact) mass is 309 g/mol. The molecule has 2 atom stereocenters. The van der Waals surface area contributed by atoms with Crippen molar-refractivity contribution in [3.05, 3.63) is 59.7 Å². The summed E-state index contributed by atoms with van der Waals surface area (Å²) in [6.07, 6.45) is 2.09. The van der Waals surface area contributed by atoms with Crippen LogP contribution in [-0.4, -0.2) is 25.3 Å². The Morgan fingerprint density at radius 3 is 2.96 bits per heavy atom. The molecular formula is C20H23NO2. The molecule has 0 unspecified atom stereocenters. The lowest BCUT2D eigenvalue weighted by molar-refractivity contribution is 0.170. The number of hydrogen-bond donors (Lipinski definition) is 1. The second kappa shape index (κ2) is 5.89. The van der Waals surface area contributed by atoms with Gasteiger partial charge in [-0.1, -0.05) is 30.3 Å². The van der Waals surface area contributed by atoms with Crippen molar-refractivity contribution in [2.75, 3.05) is 19.8 Å².